The van der Waals surface area contributed by atoms with Gasteiger partial charge in [0.15, 0.2) is 0 Å². The second-order valence-corrected chi connectivity index (χ2v) is 8.30. The number of benzene rings is 2. The molecule has 2 fully saturated rings. The molecule has 0 atom stereocenters. The molecule has 152 valence electrons. The zero-order valence-corrected chi connectivity index (χ0v) is 17.1. The van der Waals surface area contributed by atoms with Crippen LogP contribution in [0.15, 0.2) is 52.9 Å². The molecule has 2 aliphatic heterocycles. The summed E-state index contributed by atoms with van der Waals surface area (Å²) in [6.07, 6.45) is 4.72. The maximum Gasteiger partial charge on any atom is 0.136 e. The van der Waals surface area contributed by atoms with Gasteiger partial charge in [-0.15, -0.1) is 0 Å². The van der Waals surface area contributed by atoms with Crippen molar-refractivity contribution in [1.29, 1.82) is 0 Å². The highest BCUT2D eigenvalue weighted by molar-refractivity contribution is 5.93. The maximum absolute atomic E-state index is 6.43. The van der Waals surface area contributed by atoms with E-state index in [1.54, 1.807) is 0 Å². The zero-order chi connectivity index (χ0) is 19.5. The van der Waals surface area contributed by atoms with Gasteiger partial charge in [0.25, 0.3) is 0 Å². The fraction of sp³-hybridized carbons (Fsp3) is 0.440. The van der Waals surface area contributed by atoms with Crippen LogP contribution >= 0.6 is 0 Å². The number of furan rings is 1. The van der Waals surface area contributed by atoms with Gasteiger partial charge in [-0.2, -0.15) is 0 Å². The lowest BCUT2D eigenvalue weighted by Crippen LogP contribution is -2.35. The third-order valence-electron chi connectivity index (χ3n) is 6.19. The summed E-state index contributed by atoms with van der Waals surface area (Å²) in [5.41, 5.74) is 5.01. The van der Waals surface area contributed by atoms with Crippen molar-refractivity contribution in [1.82, 2.24) is 4.90 Å². The molecular formula is C25H30N2O2. The Morgan fingerprint density at radius 1 is 0.793 bits per heavy atom. The molecule has 4 heteroatoms. The largest absolute Gasteiger partial charge is 0.458 e. The van der Waals surface area contributed by atoms with Gasteiger partial charge in [-0.25, -0.2) is 0 Å². The van der Waals surface area contributed by atoms with Crippen molar-refractivity contribution in [2.45, 2.75) is 32.2 Å². The molecule has 1 aromatic heterocycles. The summed E-state index contributed by atoms with van der Waals surface area (Å²) in [5.74, 6) is 1.11. The average Bonchev–Trinajstić information content (AvgIpc) is 3.13. The number of hydrogen-bond acceptors (Lipinski definition) is 4. The summed E-state index contributed by atoms with van der Waals surface area (Å²) >= 11 is 0. The SMILES string of the molecule is c1ccc(Cc2oc3ccc(CN4CCOCC4)cc3c2N2CCCCC2)cc1. The van der Waals surface area contributed by atoms with E-state index < -0.39 is 0 Å². The summed E-state index contributed by atoms with van der Waals surface area (Å²) < 4.78 is 11.9. The van der Waals surface area contributed by atoms with Gasteiger partial charge in [0.05, 0.1) is 18.9 Å². The highest BCUT2D eigenvalue weighted by atomic mass is 16.5. The molecule has 0 bridgehead atoms. The van der Waals surface area contributed by atoms with Crippen LogP contribution in [0.2, 0.25) is 0 Å². The van der Waals surface area contributed by atoms with Gasteiger partial charge in [0.2, 0.25) is 0 Å². The predicted octanol–water partition coefficient (Wildman–Crippen LogP) is 4.85. The van der Waals surface area contributed by atoms with Crippen molar-refractivity contribution in [3.8, 4) is 0 Å². The number of ether oxygens (including phenoxy) is 1. The molecule has 3 heterocycles. The van der Waals surface area contributed by atoms with Crippen molar-refractivity contribution in [2.75, 3.05) is 44.3 Å². The standard InChI is InChI=1S/C25H30N2O2/c1-3-7-20(8-4-1)18-24-25(27-11-5-2-6-12-27)22-17-21(9-10-23(22)29-24)19-26-13-15-28-16-14-26/h1,3-4,7-10,17H,2,5-6,11-16,18-19H2. The maximum atomic E-state index is 6.43. The summed E-state index contributed by atoms with van der Waals surface area (Å²) in [7, 11) is 0. The van der Waals surface area contributed by atoms with Crippen LogP contribution in [0.3, 0.4) is 0 Å². The van der Waals surface area contributed by atoms with Crippen LogP contribution in [0.4, 0.5) is 5.69 Å². The minimum absolute atomic E-state index is 0.841. The molecule has 0 N–H and O–H groups in total. The number of morpholine rings is 1. The Morgan fingerprint density at radius 3 is 2.38 bits per heavy atom. The minimum atomic E-state index is 0.841. The van der Waals surface area contributed by atoms with Crippen molar-refractivity contribution >= 4 is 16.7 Å². The van der Waals surface area contributed by atoms with Gasteiger partial charge in [0, 0.05) is 44.5 Å². The van der Waals surface area contributed by atoms with Gasteiger partial charge in [-0.1, -0.05) is 36.4 Å². The summed E-state index contributed by atoms with van der Waals surface area (Å²) in [4.78, 5) is 5.04. The quantitative estimate of drug-likeness (QED) is 0.623. The lowest BCUT2D eigenvalue weighted by Gasteiger charge is -2.29. The molecule has 0 aliphatic carbocycles. The number of fused-ring (bicyclic) bond motifs is 1. The van der Waals surface area contributed by atoms with E-state index in [1.807, 2.05) is 0 Å². The van der Waals surface area contributed by atoms with Crippen molar-refractivity contribution in [3.05, 3.63) is 65.4 Å². The topological polar surface area (TPSA) is 28.9 Å². The summed E-state index contributed by atoms with van der Waals surface area (Å²) in [6, 6.07) is 17.4. The molecule has 4 nitrogen and oxygen atoms in total. The van der Waals surface area contributed by atoms with Gasteiger partial charge in [0.1, 0.15) is 11.3 Å². The van der Waals surface area contributed by atoms with E-state index in [4.69, 9.17) is 9.15 Å². The Balaban J connectivity index is 1.50. The predicted molar refractivity (Wildman–Crippen MR) is 118 cm³/mol. The number of rotatable bonds is 5. The second-order valence-electron chi connectivity index (χ2n) is 8.30. The molecule has 2 saturated heterocycles. The average molecular weight is 391 g/mol. The Morgan fingerprint density at radius 2 is 1.59 bits per heavy atom. The zero-order valence-electron chi connectivity index (χ0n) is 17.1. The first-order chi connectivity index (χ1) is 14.4. The first-order valence-corrected chi connectivity index (χ1v) is 11.0. The number of hydrogen-bond donors (Lipinski definition) is 0. The normalized spacial score (nSPS) is 18.4. The molecule has 5 rings (SSSR count). The summed E-state index contributed by atoms with van der Waals surface area (Å²) in [5, 5.41) is 1.28. The van der Waals surface area contributed by atoms with Gasteiger partial charge >= 0.3 is 0 Å². The van der Waals surface area contributed by atoms with Crippen molar-refractivity contribution in [3.63, 3.8) is 0 Å². The van der Waals surface area contributed by atoms with Gasteiger partial charge in [-0.05, 0) is 42.5 Å². The van der Waals surface area contributed by atoms with Crippen LogP contribution < -0.4 is 4.90 Å². The molecule has 2 aliphatic rings. The number of anilines is 1. The van der Waals surface area contributed by atoms with E-state index in [0.717, 1.165) is 63.7 Å². The first kappa shape index (κ1) is 18.7. The molecular weight excluding hydrogens is 360 g/mol. The third-order valence-corrected chi connectivity index (χ3v) is 6.19. The monoisotopic (exact) mass is 390 g/mol. The van der Waals surface area contributed by atoms with Crippen LogP contribution in [-0.4, -0.2) is 44.3 Å². The van der Waals surface area contributed by atoms with Crippen LogP contribution in [0.1, 0.15) is 36.1 Å². The fourth-order valence-corrected chi connectivity index (χ4v) is 4.66. The molecule has 0 amide bonds. The third kappa shape index (κ3) is 4.19. The second kappa shape index (κ2) is 8.60. The van der Waals surface area contributed by atoms with E-state index >= 15 is 0 Å². The minimum Gasteiger partial charge on any atom is -0.458 e. The molecule has 2 aromatic carbocycles. The molecule has 0 spiro atoms. The molecule has 0 unspecified atom stereocenters. The van der Waals surface area contributed by atoms with Crippen molar-refractivity contribution < 1.29 is 9.15 Å². The first-order valence-electron chi connectivity index (χ1n) is 11.0. The Labute approximate surface area is 173 Å². The highest BCUT2D eigenvalue weighted by Gasteiger charge is 2.22. The lowest BCUT2D eigenvalue weighted by molar-refractivity contribution is 0.0342. The van der Waals surface area contributed by atoms with Crippen LogP contribution in [-0.2, 0) is 17.7 Å². The molecule has 0 radical (unpaired) electrons. The Bertz CT molecular complexity index is 938. The molecule has 29 heavy (non-hydrogen) atoms. The van der Waals surface area contributed by atoms with Crippen LogP contribution in [0.25, 0.3) is 11.0 Å². The van der Waals surface area contributed by atoms with E-state index in [0.29, 0.717) is 0 Å². The fourth-order valence-electron chi connectivity index (χ4n) is 4.66. The summed E-state index contributed by atoms with van der Waals surface area (Å²) in [6.45, 7) is 6.96. The Kier molecular flexibility index (Phi) is 5.55. The van der Waals surface area contributed by atoms with Gasteiger partial charge in [-0.3, -0.25) is 4.90 Å². The van der Waals surface area contributed by atoms with Crippen LogP contribution in [0, 0.1) is 0 Å². The highest BCUT2D eigenvalue weighted by Crippen LogP contribution is 2.37. The number of piperidine rings is 1. The van der Waals surface area contributed by atoms with E-state index in [-0.39, 0.29) is 0 Å². The van der Waals surface area contributed by atoms with Gasteiger partial charge < -0.3 is 14.1 Å². The van der Waals surface area contributed by atoms with Crippen molar-refractivity contribution in [2.24, 2.45) is 0 Å². The van der Waals surface area contributed by atoms with Crippen LogP contribution in [0.5, 0.6) is 0 Å². The Hall–Kier alpha value is -2.30. The van der Waals surface area contributed by atoms with E-state index in [9.17, 15) is 0 Å². The smallest absolute Gasteiger partial charge is 0.136 e. The van der Waals surface area contributed by atoms with E-state index in [1.165, 1.54) is 41.5 Å². The molecule has 3 aromatic rings. The molecule has 0 saturated carbocycles. The number of nitrogens with zero attached hydrogens (tertiary/aromatic N) is 2. The van der Waals surface area contributed by atoms with E-state index in [2.05, 4.69) is 58.3 Å². The lowest BCUT2D eigenvalue weighted by atomic mass is 10.0.